The second kappa shape index (κ2) is 25.3. The minimum Gasteiger partial charge on any atom is -0.665 e. The van der Waals surface area contributed by atoms with Crippen molar-refractivity contribution in [3.63, 3.8) is 0 Å². The van der Waals surface area contributed by atoms with Gasteiger partial charge in [-0.3, -0.25) is 0 Å². The molecule has 207 valence electrons. The predicted molar refractivity (Wildman–Crippen MR) is 115 cm³/mol. The molecule has 0 aliphatic carbocycles. The maximum absolute atomic E-state index is 9.19. The summed E-state index contributed by atoms with van der Waals surface area (Å²) in [5, 5.41) is 47.7. The van der Waals surface area contributed by atoms with Gasteiger partial charge in [0.1, 0.15) is 26.2 Å². The number of rotatable bonds is 4. The van der Waals surface area contributed by atoms with Crippen LogP contribution in [-0.2, 0) is 24.7 Å². The Balaban J connectivity index is -0.000000199. The van der Waals surface area contributed by atoms with Crippen LogP contribution < -0.4 is 53.8 Å². The molecule has 0 spiro atoms. The van der Waals surface area contributed by atoms with Crippen LogP contribution in [0.3, 0.4) is 0 Å². The van der Waals surface area contributed by atoms with Gasteiger partial charge in [-0.2, -0.15) is 12.4 Å². The number of nitrogens with zero attached hydrogens (tertiary/aromatic N) is 2. The number of carbonyl (C=O) groups is 4. The molecule has 0 unspecified atom stereocenters. The average molecular weight is 673 g/mol. The summed E-state index contributed by atoms with van der Waals surface area (Å²) in [6, 6.07) is 4.15. The molecule has 1 radical (unpaired) electrons. The molecule has 2 aliphatic rings. The summed E-state index contributed by atoms with van der Waals surface area (Å²) in [6.45, 7) is -0.556. The number of carboxylic acids is 4. The Morgan fingerprint density at radius 3 is 1.03 bits per heavy atom. The van der Waals surface area contributed by atoms with Crippen LogP contribution in [-0.4, -0.2) is 50.1 Å². The van der Waals surface area contributed by atoms with Crippen LogP contribution in [0.5, 0.6) is 0 Å². The Hall–Kier alpha value is -2.76. The Morgan fingerprint density at radius 1 is 0.611 bits per heavy atom. The third-order valence-corrected chi connectivity index (χ3v) is 3.16. The number of hydrogen-bond acceptors (Lipinski definition) is 8. The summed E-state index contributed by atoms with van der Waals surface area (Å²) >= 11 is 0. The van der Waals surface area contributed by atoms with E-state index in [4.69, 9.17) is 0 Å². The number of hydrogen-bond donors (Lipinski definition) is 4. The van der Waals surface area contributed by atoms with Gasteiger partial charge in [-0.15, -0.1) is 11.4 Å². The number of aliphatic carboxylic acids is 4. The Kier molecular flexibility index (Phi) is 28.4. The first-order valence-corrected chi connectivity index (χ1v) is 9.58. The van der Waals surface area contributed by atoms with Crippen molar-refractivity contribution in [2.75, 3.05) is 26.2 Å². The third-order valence-electron chi connectivity index (χ3n) is 3.16. The summed E-state index contributed by atoms with van der Waals surface area (Å²) in [5.41, 5.74) is 14.0. The van der Waals surface area contributed by atoms with Gasteiger partial charge in [0.25, 0.3) is 0 Å². The van der Waals surface area contributed by atoms with E-state index < -0.39 is 23.9 Å². The number of fused-ring (bicyclic) bond motifs is 3. The second-order valence-corrected chi connectivity index (χ2v) is 5.70. The van der Waals surface area contributed by atoms with Crippen molar-refractivity contribution >= 4 is 47.4 Å². The predicted octanol–water partition coefficient (Wildman–Crippen LogP) is -10.7. The van der Waals surface area contributed by atoms with Crippen molar-refractivity contribution in [3.05, 3.63) is 57.8 Å². The van der Waals surface area contributed by atoms with E-state index in [1.807, 2.05) is 12.2 Å². The van der Waals surface area contributed by atoms with Crippen molar-refractivity contribution < 1.29 is 115 Å². The zero-order valence-corrected chi connectivity index (χ0v) is 21.0. The maximum atomic E-state index is 9.19. The van der Waals surface area contributed by atoms with Gasteiger partial charge < -0.3 is 78.6 Å². The van der Waals surface area contributed by atoms with Crippen LogP contribution in [0, 0.1) is 46.9 Å². The average Bonchev–Trinajstić information content (AvgIpc) is 2.85. The van der Waals surface area contributed by atoms with Crippen molar-refractivity contribution in [2.24, 2.45) is 0 Å². The van der Waals surface area contributed by atoms with E-state index in [0.717, 1.165) is 21.8 Å². The second-order valence-electron chi connectivity index (χ2n) is 5.70. The first kappa shape index (κ1) is 40.4. The molecule has 1 aromatic rings. The molecule has 0 fully saturated rings. The molecule has 1 aromatic carbocycles. The van der Waals surface area contributed by atoms with E-state index in [1.54, 1.807) is 12.4 Å². The van der Waals surface area contributed by atoms with Gasteiger partial charge in [-0.1, -0.05) is 36.4 Å². The fraction of sp³-hybridized carbons (Fsp3) is 0.200. The number of benzene rings is 1. The molecule has 15 nitrogen and oxygen atoms in total. The molecule has 16 heteroatoms. The summed E-state index contributed by atoms with van der Waals surface area (Å²) in [6.07, 6.45) is 11.6. The first-order chi connectivity index (χ1) is 16.0. The van der Waals surface area contributed by atoms with E-state index in [0.29, 0.717) is 0 Å². The Morgan fingerprint density at radius 2 is 0.833 bits per heavy atom. The van der Waals surface area contributed by atoms with Gasteiger partial charge in [0.05, 0.1) is 23.9 Å². The van der Waals surface area contributed by atoms with Crippen molar-refractivity contribution in [1.29, 1.82) is 0 Å². The maximum Gasteiger partial charge on any atom is 3.00 e. The van der Waals surface area contributed by atoms with E-state index >= 15 is 0 Å². The zero-order valence-electron chi connectivity index (χ0n) is 19.3. The van der Waals surface area contributed by atoms with E-state index in [2.05, 4.69) is 57.9 Å². The summed E-state index contributed by atoms with van der Waals surface area (Å²) in [7, 11) is 0. The molecule has 0 saturated heterocycles. The van der Waals surface area contributed by atoms with Gasteiger partial charge in [-0.25, -0.2) is 0 Å². The quantitative estimate of drug-likeness (QED) is 0.222. The van der Waals surface area contributed by atoms with Crippen molar-refractivity contribution in [1.82, 2.24) is 0 Å². The van der Waals surface area contributed by atoms with Crippen LogP contribution in [0.4, 0.5) is 11.4 Å². The molecule has 0 atom stereocenters. The fourth-order valence-electron chi connectivity index (χ4n) is 1.68. The molecule has 2 aliphatic heterocycles. The molecule has 3 rings (SSSR count). The summed E-state index contributed by atoms with van der Waals surface area (Å²) < 4.78 is 0. The first-order valence-electron chi connectivity index (χ1n) is 9.58. The van der Waals surface area contributed by atoms with Crippen LogP contribution in [0.15, 0.2) is 36.7 Å². The van der Waals surface area contributed by atoms with E-state index in [1.165, 1.54) is 0 Å². The van der Waals surface area contributed by atoms with E-state index in [-0.39, 0.29) is 78.6 Å². The number of carboxylic acid groups (broad SMARTS) is 4. The molecular formula is C20H31N6O9Yb+2. The topological polar surface area (TPSA) is 332 Å². The third kappa shape index (κ3) is 21.8. The fourth-order valence-corrected chi connectivity index (χ4v) is 1.68. The molecule has 0 amide bonds. The minimum atomic E-state index is -1.11. The van der Waals surface area contributed by atoms with Crippen LogP contribution in [0.2, 0.25) is 0 Å². The van der Waals surface area contributed by atoms with Gasteiger partial charge in [0, 0.05) is 0 Å². The largest absolute Gasteiger partial charge is 3.00 e. The normalized spacial score (nSPS) is 10.1. The molecule has 2 heterocycles. The summed E-state index contributed by atoms with van der Waals surface area (Å²) in [4.78, 5) is 36.8. The SMILES string of the molecule is C1=C[N-]c2c3c(ccc2=C1)=CC=C[N-]3.[NH3+]CC(=O)[O-].[NH3+]CC(=O)[O-].[NH3+]CC(=O)[O-].[NH3+]CC(=O)[O-].[OH3+].[Yb+3]. The molecule has 0 saturated carbocycles. The smallest absolute Gasteiger partial charge is 0.665 e. The Labute approximate surface area is 244 Å². The van der Waals surface area contributed by atoms with Gasteiger partial charge >= 0.3 is 46.9 Å². The van der Waals surface area contributed by atoms with E-state index in [9.17, 15) is 39.6 Å². The zero-order chi connectivity index (χ0) is 26.5. The standard InChI is InChI=1S/C12H8N2.4C2H5NO2.H2O.Yb/c1-3-9-5-6-10-4-2-8-14-12(10)11(9)13-7-1;4*3-1-2(4)5;;/h1-8H;4*1,3H2,(H,4,5);1H2;/q-2;;;;;;+3/p+1. The monoisotopic (exact) mass is 673 g/mol. The van der Waals surface area contributed by atoms with Crippen molar-refractivity contribution in [3.8, 4) is 0 Å². The molecule has 0 bridgehead atoms. The van der Waals surface area contributed by atoms with Gasteiger partial charge in [-0.05, 0) is 10.4 Å². The van der Waals surface area contributed by atoms with Crippen LogP contribution >= 0.6 is 0 Å². The van der Waals surface area contributed by atoms with Gasteiger partial charge in [0.15, 0.2) is 0 Å². The Bertz CT molecular complexity index is 893. The van der Waals surface area contributed by atoms with Crippen LogP contribution in [0.1, 0.15) is 0 Å². The number of allylic oxidation sites excluding steroid dienone is 2. The van der Waals surface area contributed by atoms with Gasteiger partial charge in [0.2, 0.25) is 0 Å². The number of carbonyl (C=O) groups excluding carboxylic acids is 4. The van der Waals surface area contributed by atoms with Crippen molar-refractivity contribution in [2.45, 2.75) is 0 Å². The number of quaternary nitrogens is 4. The minimum absolute atomic E-state index is 0. The molecule has 15 N–H and O–H groups in total. The molecule has 0 aromatic heterocycles. The summed E-state index contributed by atoms with van der Waals surface area (Å²) in [5.74, 6) is -4.43. The molecular weight excluding hydrogens is 641 g/mol. The molecule has 36 heavy (non-hydrogen) atoms. The van der Waals surface area contributed by atoms with Crippen LogP contribution in [0.25, 0.3) is 22.8 Å².